The molecule has 19 heavy (non-hydrogen) atoms. The molecule has 0 aromatic heterocycles. The molecule has 1 rings (SSSR count). The number of amides is 1. The summed E-state index contributed by atoms with van der Waals surface area (Å²) in [6, 6.07) is 7.66. The highest BCUT2D eigenvalue weighted by Crippen LogP contribution is 2.17. The largest absolute Gasteiger partial charge is 0.497 e. The van der Waals surface area contributed by atoms with E-state index in [2.05, 4.69) is 5.32 Å². The fourth-order valence-electron chi connectivity index (χ4n) is 1.42. The van der Waals surface area contributed by atoms with Crippen LogP contribution < -0.4 is 14.8 Å². The van der Waals surface area contributed by atoms with E-state index in [1.165, 1.54) is 0 Å². The third-order valence-electron chi connectivity index (χ3n) is 2.24. The Hall–Kier alpha value is -1.36. The summed E-state index contributed by atoms with van der Waals surface area (Å²) in [4.78, 5) is 11.4. The van der Waals surface area contributed by atoms with E-state index in [9.17, 15) is 4.79 Å². The van der Waals surface area contributed by atoms with E-state index in [1.807, 2.05) is 38.1 Å². The number of carbonyl (C=O) groups is 1. The third kappa shape index (κ3) is 6.96. The number of carbonyl (C=O) groups excluding carboxylic acids is 1. The van der Waals surface area contributed by atoms with Gasteiger partial charge in [0.05, 0.1) is 19.5 Å². The maximum Gasteiger partial charge on any atom is 0.230 e. The van der Waals surface area contributed by atoms with Gasteiger partial charge in [-0.25, -0.2) is 0 Å². The smallest absolute Gasteiger partial charge is 0.230 e. The van der Waals surface area contributed by atoms with Crippen LogP contribution in [0.2, 0.25) is 0 Å². The number of hydrogen-bond donors (Lipinski definition) is 1. The molecule has 0 aliphatic rings. The fraction of sp³-hybridized carbons (Fsp3) is 0.500. The first-order chi connectivity index (χ1) is 9.11. The average molecular weight is 283 g/mol. The molecular formula is C14H21NO3S. The van der Waals surface area contributed by atoms with Crippen molar-refractivity contribution in [3.63, 3.8) is 0 Å². The lowest BCUT2D eigenvalue weighted by Gasteiger charge is -2.09. The highest BCUT2D eigenvalue weighted by molar-refractivity contribution is 7.99. The van der Waals surface area contributed by atoms with Crippen LogP contribution in [0.1, 0.15) is 13.8 Å². The van der Waals surface area contributed by atoms with Crippen LogP contribution in [0.5, 0.6) is 11.5 Å². The van der Waals surface area contributed by atoms with Gasteiger partial charge in [0, 0.05) is 11.8 Å². The van der Waals surface area contributed by atoms with Gasteiger partial charge >= 0.3 is 0 Å². The molecule has 0 aliphatic carbocycles. The molecule has 0 unspecified atom stereocenters. The van der Waals surface area contributed by atoms with Crippen molar-refractivity contribution in [3.05, 3.63) is 24.3 Å². The van der Waals surface area contributed by atoms with Crippen molar-refractivity contribution in [1.29, 1.82) is 0 Å². The Morgan fingerprint density at radius 3 is 2.47 bits per heavy atom. The van der Waals surface area contributed by atoms with E-state index in [4.69, 9.17) is 9.47 Å². The predicted molar refractivity (Wildman–Crippen MR) is 79.1 cm³/mol. The van der Waals surface area contributed by atoms with Crippen molar-refractivity contribution in [2.45, 2.75) is 19.9 Å². The van der Waals surface area contributed by atoms with Gasteiger partial charge in [0.25, 0.3) is 0 Å². The van der Waals surface area contributed by atoms with E-state index in [1.54, 1.807) is 18.9 Å². The van der Waals surface area contributed by atoms with Crippen LogP contribution in [0.3, 0.4) is 0 Å². The molecule has 0 fully saturated rings. The summed E-state index contributed by atoms with van der Waals surface area (Å²) in [7, 11) is 1.63. The number of methoxy groups -OCH3 is 1. The van der Waals surface area contributed by atoms with Crippen LogP contribution in [-0.4, -0.2) is 37.2 Å². The van der Waals surface area contributed by atoms with Gasteiger partial charge in [0.1, 0.15) is 11.5 Å². The number of hydrogen-bond acceptors (Lipinski definition) is 4. The maximum absolute atomic E-state index is 11.4. The molecule has 1 aromatic rings. The SMILES string of the molecule is COc1ccc(OCCSCC(=O)NC(C)C)cc1. The zero-order valence-corrected chi connectivity index (χ0v) is 12.5. The molecule has 1 N–H and O–H groups in total. The lowest BCUT2D eigenvalue weighted by molar-refractivity contribution is -0.119. The average Bonchev–Trinajstić information content (AvgIpc) is 2.38. The van der Waals surface area contributed by atoms with Crippen molar-refractivity contribution in [3.8, 4) is 11.5 Å². The van der Waals surface area contributed by atoms with Crippen LogP contribution in [0, 0.1) is 0 Å². The van der Waals surface area contributed by atoms with Gasteiger partial charge < -0.3 is 14.8 Å². The standard InChI is InChI=1S/C14H21NO3S/c1-11(2)15-14(16)10-19-9-8-18-13-6-4-12(17-3)5-7-13/h4-7,11H,8-10H2,1-3H3,(H,15,16). The Kier molecular flexibility index (Phi) is 7.18. The van der Waals surface area contributed by atoms with Crippen LogP contribution >= 0.6 is 11.8 Å². The lowest BCUT2D eigenvalue weighted by Crippen LogP contribution is -2.31. The highest BCUT2D eigenvalue weighted by atomic mass is 32.2. The molecule has 0 aliphatic heterocycles. The second-order valence-electron chi connectivity index (χ2n) is 4.30. The predicted octanol–water partition coefficient (Wildman–Crippen LogP) is 2.33. The van der Waals surface area contributed by atoms with E-state index < -0.39 is 0 Å². The van der Waals surface area contributed by atoms with Crippen molar-refractivity contribution < 1.29 is 14.3 Å². The number of rotatable bonds is 8. The molecule has 106 valence electrons. The summed E-state index contributed by atoms with van der Waals surface area (Å²) in [6.45, 7) is 4.50. The first-order valence-corrected chi connectivity index (χ1v) is 7.41. The van der Waals surface area contributed by atoms with Crippen LogP contribution in [0.4, 0.5) is 0 Å². The highest BCUT2D eigenvalue weighted by Gasteiger charge is 2.03. The first kappa shape index (κ1) is 15.7. The summed E-state index contributed by atoms with van der Waals surface area (Å²) >= 11 is 1.57. The number of benzene rings is 1. The van der Waals surface area contributed by atoms with Crippen LogP contribution in [-0.2, 0) is 4.79 Å². The van der Waals surface area contributed by atoms with Gasteiger partial charge in [-0.15, -0.1) is 11.8 Å². The Bertz CT molecular complexity index is 379. The van der Waals surface area contributed by atoms with Gasteiger partial charge in [-0.2, -0.15) is 0 Å². The third-order valence-corrected chi connectivity index (χ3v) is 3.16. The molecular weight excluding hydrogens is 262 g/mol. The molecule has 0 radical (unpaired) electrons. The van der Waals surface area contributed by atoms with Gasteiger partial charge in [0.2, 0.25) is 5.91 Å². The van der Waals surface area contributed by atoms with Crippen molar-refractivity contribution in [2.75, 3.05) is 25.2 Å². The Morgan fingerprint density at radius 1 is 1.26 bits per heavy atom. The number of nitrogens with one attached hydrogen (secondary N) is 1. The summed E-state index contributed by atoms with van der Waals surface area (Å²) in [5.74, 6) is 2.96. The molecule has 5 heteroatoms. The van der Waals surface area contributed by atoms with Crippen molar-refractivity contribution >= 4 is 17.7 Å². The maximum atomic E-state index is 11.4. The van der Waals surface area contributed by atoms with E-state index in [-0.39, 0.29) is 11.9 Å². The minimum atomic E-state index is 0.0736. The molecule has 0 saturated carbocycles. The van der Waals surface area contributed by atoms with E-state index in [0.717, 1.165) is 17.3 Å². The quantitative estimate of drug-likeness (QED) is 0.744. The molecule has 4 nitrogen and oxygen atoms in total. The summed E-state index contributed by atoms with van der Waals surface area (Å²) in [6.07, 6.45) is 0. The van der Waals surface area contributed by atoms with Gasteiger partial charge in [-0.3, -0.25) is 4.79 Å². The normalized spacial score (nSPS) is 10.3. The fourth-order valence-corrected chi connectivity index (χ4v) is 2.03. The Morgan fingerprint density at radius 2 is 1.89 bits per heavy atom. The number of ether oxygens (including phenoxy) is 2. The minimum Gasteiger partial charge on any atom is -0.497 e. The first-order valence-electron chi connectivity index (χ1n) is 6.25. The zero-order valence-electron chi connectivity index (χ0n) is 11.6. The van der Waals surface area contributed by atoms with Gasteiger partial charge in [-0.1, -0.05) is 0 Å². The lowest BCUT2D eigenvalue weighted by atomic mass is 10.3. The minimum absolute atomic E-state index is 0.0736. The van der Waals surface area contributed by atoms with E-state index >= 15 is 0 Å². The Balaban J connectivity index is 2.11. The van der Waals surface area contributed by atoms with Gasteiger partial charge in [0.15, 0.2) is 0 Å². The summed E-state index contributed by atoms with van der Waals surface area (Å²) in [5, 5.41) is 2.85. The van der Waals surface area contributed by atoms with Gasteiger partial charge in [-0.05, 0) is 38.1 Å². The zero-order chi connectivity index (χ0) is 14.1. The summed E-state index contributed by atoms with van der Waals surface area (Å²) < 4.78 is 10.6. The second-order valence-corrected chi connectivity index (χ2v) is 5.40. The molecule has 1 amide bonds. The summed E-state index contributed by atoms with van der Waals surface area (Å²) in [5.41, 5.74) is 0. The van der Waals surface area contributed by atoms with Crippen molar-refractivity contribution in [2.24, 2.45) is 0 Å². The molecule has 0 saturated heterocycles. The molecule has 0 bridgehead atoms. The van der Waals surface area contributed by atoms with E-state index in [0.29, 0.717) is 12.4 Å². The monoisotopic (exact) mass is 283 g/mol. The Labute approximate surface area is 118 Å². The number of thioether (sulfide) groups is 1. The van der Waals surface area contributed by atoms with Crippen LogP contribution in [0.15, 0.2) is 24.3 Å². The topological polar surface area (TPSA) is 47.6 Å². The second kappa shape index (κ2) is 8.69. The molecule has 0 heterocycles. The molecule has 0 spiro atoms. The molecule has 1 aromatic carbocycles. The molecule has 0 atom stereocenters. The van der Waals surface area contributed by atoms with Crippen molar-refractivity contribution in [1.82, 2.24) is 5.32 Å². The van der Waals surface area contributed by atoms with Crippen LogP contribution in [0.25, 0.3) is 0 Å².